The van der Waals surface area contributed by atoms with Crippen LogP contribution in [0.5, 0.6) is 0 Å². The minimum absolute atomic E-state index is 0.0836. The molecule has 0 saturated heterocycles. The van der Waals surface area contributed by atoms with Crippen molar-refractivity contribution in [2.45, 2.75) is 66.8 Å². The Kier molecular flexibility index (Phi) is 12.6. The molecule has 2 aromatic carbocycles. The molecule has 0 saturated carbocycles. The van der Waals surface area contributed by atoms with E-state index < -0.39 is 29.7 Å². The van der Waals surface area contributed by atoms with Crippen LogP contribution >= 0.6 is 23.2 Å². The number of nitrogens with one attached hydrogen (secondary N) is 2. The zero-order chi connectivity index (χ0) is 37.8. The van der Waals surface area contributed by atoms with Gasteiger partial charge < -0.3 is 34.0 Å². The van der Waals surface area contributed by atoms with Crippen LogP contribution in [-0.4, -0.2) is 62.9 Å². The van der Waals surface area contributed by atoms with Gasteiger partial charge in [0.05, 0.1) is 15.8 Å². The van der Waals surface area contributed by atoms with Crippen LogP contribution in [0.25, 0.3) is 5.57 Å². The number of nitro groups is 1. The molecule has 1 aromatic heterocycles. The molecule has 15 heteroatoms. The summed E-state index contributed by atoms with van der Waals surface area (Å²) >= 11 is 9.53. The minimum atomic E-state index is -4.16. The van der Waals surface area contributed by atoms with Crippen molar-refractivity contribution in [3.05, 3.63) is 115 Å². The number of aromatic nitrogens is 1. The fourth-order valence-electron chi connectivity index (χ4n) is 7.30. The quantitative estimate of drug-likeness (QED) is 0.0879. The number of allylic oxidation sites excluding steroid dienone is 2. The molecule has 2 aliphatic heterocycles. The molecule has 1 atom stereocenters. The highest BCUT2D eigenvalue weighted by molar-refractivity contribution is 6.58. The molecule has 10 nitrogen and oxygen atoms in total. The number of alkyl halides is 2. The molecule has 4 N–H and O–H groups in total. The second-order valence-corrected chi connectivity index (χ2v) is 13.2. The van der Waals surface area contributed by atoms with Crippen LogP contribution in [0.3, 0.4) is 0 Å². The van der Waals surface area contributed by atoms with E-state index >= 15 is 8.63 Å². The van der Waals surface area contributed by atoms with E-state index in [4.69, 9.17) is 28.9 Å². The minimum Gasteiger partial charge on any atom is -0.393 e. The molecule has 0 unspecified atom stereocenters. The average molecular weight is 743 g/mol. The van der Waals surface area contributed by atoms with Gasteiger partial charge in [-0.15, -0.1) is 23.2 Å². The van der Waals surface area contributed by atoms with Crippen molar-refractivity contribution >= 4 is 59.0 Å². The molecule has 3 aromatic rings. The van der Waals surface area contributed by atoms with E-state index in [0.29, 0.717) is 52.3 Å². The summed E-state index contributed by atoms with van der Waals surface area (Å²) in [5.74, 6) is -0.951. The third-order valence-corrected chi connectivity index (χ3v) is 9.58. The molecule has 5 rings (SSSR count). The lowest BCUT2D eigenvalue weighted by Crippen LogP contribution is -2.51. The van der Waals surface area contributed by atoms with Crippen LogP contribution in [0.2, 0.25) is 0 Å². The van der Waals surface area contributed by atoms with Crippen LogP contribution in [-0.2, 0) is 17.6 Å². The van der Waals surface area contributed by atoms with Crippen LogP contribution in [0.15, 0.2) is 65.4 Å². The second kappa shape index (κ2) is 16.3. The highest BCUT2D eigenvalue weighted by atomic mass is 35.5. The van der Waals surface area contributed by atoms with Crippen LogP contribution in [0.1, 0.15) is 78.1 Å². The Bertz CT molecular complexity index is 1940. The largest absolute Gasteiger partial charge is 0.737 e. The summed E-state index contributed by atoms with van der Waals surface area (Å²) in [7, 11) is 0. The van der Waals surface area contributed by atoms with Crippen molar-refractivity contribution in [1.82, 2.24) is 15.1 Å². The first-order valence-electron chi connectivity index (χ1n) is 16.7. The van der Waals surface area contributed by atoms with Gasteiger partial charge >= 0.3 is 6.97 Å². The fraction of sp³-hybridized carbons (Fsp3) is 0.361. The second-order valence-electron chi connectivity index (χ2n) is 12.4. The van der Waals surface area contributed by atoms with Crippen molar-refractivity contribution in [2.75, 3.05) is 18.4 Å². The van der Waals surface area contributed by atoms with E-state index in [1.807, 2.05) is 27.7 Å². The maximum atomic E-state index is 16.6. The zero-order valence-electron chi connectivity index (χ0n) is 29.6. The van der Waals surface area contributed by atoms with Gasteiger partial charge in [0.2, 0.25) is 5.91 Å². The lowest BCUT2D eigenvalue weighted by molar-refractivity contribution is -0.384. The number of nitro benzene ring substituents is 1. The maximum absolute atomic E-state index is 16.6. The third kappa shape index (κ3) is 7.51. The molecule has 0 fully saturated rings. The first-order valence-corrected chi connectivity index (χ1v) is 17.8. The molecule has 0 bridgehead atoms. The Morgan fingerprint density at radius 3 is 2.16 bits per heavy atom. The molecule has 2 aliphatic rings. The smallest absolute Gasteiger partial charge is 0.393 e. The van der Waals surface area contributed by atoms with Crippen LogP contribution < -0.4 is 16.4 Å². The number of benzene rings is 2. The number of non-ortho nitro benzene ring substituents is 1. The Balaban J connectivity index is 0.00000188. The van der Waals surface area contributed by atoms with Gasteiger partial charge in [-0.05, 0) is 73.7 Å². The molecule has 2 amide bonds. The number of amides is 2. The Hall–Kier alpha value is -4.33. The fourth-order valence-corrected chi connectivity index (χ4v) is 7.30. The van der Waals surface area contributed by atoms with E-state index in [-0.39, 0.29) is 36.1 Å². The molecule has 3 heterocycles. The number of hydrogen-bond acceptors (Lipinski definition) is 5. The maximum Gasteiger partial charge on any atom is 0.737 e. The first kappa shape index (κ1) is 39.5. The molecule has 272 valence electrons. The number of carbonyl (C=O) groups excluding carboxylic acids is 2. The summed E-state index contributed by atoms with van der Waals surface area (Å²) < 4.78 is 35.5. The van der Waals surface area contributed by atoms with Gasteiger partial charge in [0.15, 0.2) is 5.70 Å². The van der Waals surface area contributed by atoms with E-state index in [2.05, 4.69) is 10.6 Å². The lowest BCUT2D eigenvalue weighted by Gasteiger charge is -2.34. The molecule has 0 aliphatic carbocycles. The van der Waals surface area contributed by atoms with Gasteiger partial charge in [-0.3, -0.25) is 19.7 Å². The predicted octanol–water partition coefficient (Wildman–Crippen LogP) is 6.62. The highest BCUT2D eigenvalue weighted by Gasteiger charge is 2.56. The average Bonchev–Trinajstić information content (AvgIpc) is 3.52. The van der Waals surface area contributed by atoms with Crippen LogP contribution in [0.4, 0.5) is 14.3 Å². The molecule has 0 spiro atoms. The molecular weight excluding hydrogens is 700 g/mol. The van der Waals surface area contributed by atoms with Gasteiger partial charge in [-0.1, -0.05) is 38.1 Å². The molecular formula is C36H43BCl2F2N6O4. The number of hydrogen-bond donors (Lipinski definition) is 3. The summed E-state index contributed by atoms with van der Waals surface area (Å²) in [4.78, 5) is 37.1. The monoisotopic (exact) mass is 742 g/mol. The third-order valence-electron chi connectivity index (χ3n) is 9.58. The standard InChI is InChI=1S/C35H41BF2N6O4.CH2Cl2/c1-7-28-20(3)32-31(33-21(4)29(8-2)23(6)43(33)36(37,38)42(32)22(28)5)25-11-13-26(14-12-25)34(45)41-30(35(46)40-18-17-39)19-24-9-15-27(16-10-24)44(47)48;2-1-3/h9-16,30H,7-8,17-19,39H2,1-6H3,(H,40,46)(H,41,45);1H2/t30-;/m1./s1. The SMILES string of the molecule is CCC1=C(C)C2=C(c3ccc(C(=O)N[C@H](Cc4ccc([N+](=O)[O-])cc4)C(=O)NCCN)cc3)c3c(C)c(CC)c(C)n3[B-](F)(F)[N+]2=C1C.ClCCl. The van der Waals surface area contributed by atoms with Gasteiger partial charge in [0.25, 0.3) is 11.6 Å². The van der Waals surface area contributed by atoms with Crippen molar-refractivity contribution in [1.29, 1.82) is 0 Å². The number of halogens is 4. The number of fused-ring (bicyclic) bond motifs is 2. The summed E-state index contributed by atoms with van der Waals surface area (Å²) in [5.41, 5.74) is 13.2. The van der Waals surface area contributed by atoms with Crippen molar-refractivity contribution in [2.24, 2.45) is 5.73 Å². The number of rotatable bonds is 11. The van der Waals surface area contributed by atoms with E-state index in [1.165, 1.54) is 21.1 Å². The topological polar surface area (TPSA) is 135 Å². The Morgan fingerprint density at radius 2 is 1.63 bits per heavy atom. The van der Waals surface area contributed by atoms with Crippen LogP contribution in [0, 0.1) is 24.0 Å². The molecule has 0 radical (unpaired) electrons. The van der Waals surface area contributed by atoms with Crippen molar-refractivity contribution in [3.63, 3.8) is 0 Å². The van der Waals surface area contributed by atoms with E-state index in [1.54, 1.807) is 50.2 Å². The van der Waals surface area contributed by atoms with Crippen molar-refractivity contribution in [3.8, 4) is 0 Å². The summed E-state index contributed by atoms with van der Waals surface area (Å²) in [6.45, 7) is 7.50. The van der Waals surface area contributed by atoms with E-state index in [9.17, 15) is 19.7 Å². The molecule has 51 heavy (non-hydrogen) atoms. The van der Waals surface area contributed by atoms with Gasteiger partial charge in [0.1, 0.15) is 11.8 Å². The van der Waals surface area contributed by atoms with E-state index in [0.717, 1.165) is 22.3 Å². The summed E-state index contributed by atoms with van der Waals surface area (Å²) in [5, 5.41) is 16.7. The van der Waals surface area contributed by atoms with Gasteiger partial charge in [-0.25, -0.2) is 0 Å². The van der Waals surface area contributed by atoms with Crippen molar-refractivity contribution < 1.29 is 27.6 Å². The van der Waals surface area contributed by atoms with Gasteiger partial charge in [-0.2, -0.15) is 0 Å². The Morgan fingerprint density at radius 1 is 1.02 bits per heavy atom. The highest BCUT2D eigenvalue weighted by Crippen LogP contribution is 2.47. The number of nitrogens with zero attached hydrogens (tertiary/aromatic N) is 3. The van der Waals surface area contributed by atoms with Gasteiger partial charge in [0, 0.05) is 61.0 Å². The normalized spacial score (nSPS) is 15.2. The lowest BCUT2D eigenvalue weighted by atomic mass is 9.83. The summed E-state index contributed by atoms with van der Waals surface area (Å²) in [6.07, 6.45) is 1.32. The zero-order valence-corrected chi connectivity index (χ0v) is 31.1. The number of carbonyl (C=O) groups is 2. The number of nitrogens with two attached hydrogens (primary N) is 1. The Labute approximate surface area is 306 Å². The summed E-state index contributed by atoms with van der Waals surface area (Å²) in [6, 6.07) is 11.6. The first-order chi connectivity index (χ1) is 24.2. The predicted molar refractivity (Wildman–Crippen MR) is 200 cm³/mol.